The van der Waals surface area contributed by atoms with Gasteiger partial charge in [-0.15, -0.1) is 0 Å². The summed E-state index contributed by atoms with van der Waals surface area (Å²) in [5.74, 6) is 0.145. The molecular weight excluding hydrogens is 275 g/mol. The highest BCUT2D eigenvalue weighted by atomic mass is 19.1. The standard InChI is InChI=1S/C19H23FN2/c1-14-5-7-15(8-6-14)11-22-12-17(10-19(21)13-22)16-3-2-4-18(20)9-16/h2-9,17,19H,10-13,21H2,1H3. The van der Waals surface area contributed by atoms with Gasteiger partial charge in [0.2, 0.25) is 0 Å². The van der Waals surface area contributed by atoms with Crippen molar-refractivity contribution in [3.8, 4) is 0 Å². The summed E-state index contributed by atoms with van der Waals surface area (Å²) in [5, 5.41) is 0. The molecule has 1 heterocycles. The molecule has 0 aromatic heterocycles. The number of benzene rings is 2. The van der Waals surface area contributed by atoms with Gasteiger partial charge in [-0.05, 0) is 42.5 Å². The van der Waals surface area contributed by atoms with Crippen LogP contribution in [-0.4, -0.2) is 24.0 Å². The van der Waals surface area contributed by atoms with Crippen LogP contribution in [0.4, 0.5) is 4.39 Å². The van der Waals surface area contributed by atoms with Gasteiger partial charge >= 0.3 is 0 Å². The third-order valence-corrected chi connectivity index (χ3v) is 4.41. The minimum absolute atomic E-state index is 0.146. The van der Waals surface area contributed by atoms with Crippen molar-refractivity contribution in [1.82, 2.24) is 4.90 Å². The topological polar surface area (TPSA) is 29.3 Å². The number of nitrogens with zero attached hydrogens (tertiary/aromatic N) is 1. The zero-order chi connectivity index (χ0) is 15.5. The molecule has 3 rings (SSSR count). The number of piperidine rings is 1. The van der Waals surface area contributed by atoms with Crippen LogP contribution in [0.2, 0.25) is 0 Å². The van der Waals surface area contributed by atoms with E-state index in [-0.39, 0.29) is 11.9 Å². The van der Waals surface area contributed by atoms with E-state index < -0.39 is 0 Å². The Morgan fingerprint density at radius 2 is 1.91 bits per heavy atom. The second-order valence-electron chi connectivity index (χ2n) is 6.43. The number of aryl methyl sites for hydroxylation is 1. The molecular formula is C19H23FN2. The quantitative estimate of drug-likeness (QED) is 0.940. The van der Waals surface area contributed by atoms with E-state index in [1.165, 1.54) is 17.2 Å². The van der Waals surface area contributed by atoms with Crippen LogP contribution in [0.15, 0.2) is 48.5 Å². The van der Waals surface area contributed by atoms with Crippen molar-refractivity contribution in [2.75, 3.05) is 13.1 Å². The van der Waals surface area contributed by atoms with Crippen molar-refractivity contribution < 1.29 is 4.39 Å². The Bertz CT molecular complexity index is 624. The largest absolute Gasteiger partial charge is 0.327 e. The molecule has 2 aromatic rings. The Morgan fingerprint density at radius 1 is 1.14 bits per heavy atom. The van der Waals surface area contributed by atoms with E-state index in [0.29, 0.717) is 5.92 Å². The molecule has 2 atom stereocenters. The Morgan fingerprint density at radius 3 is 2.64 bits per heavy atom. The molecule has 3 heteroatoms. The lowest BCUT2D eigenvalue weighted by Crippen LogP contribution is -2.45. The molecule has 1 fully saturated rings. The van der Waals surface area contributed by atoms with Crippen LogP contribution in [0.5, 0.6) is 0 Å². The minimum atomic E-state index is -0.165. The highest BCUT2D eigenvalue weighted by molar-refractivity contribution is 5.24. The fraction of sp³-hybridized carbons (Fsp3) is 0.368. The molecule has 22 heavy (non-hydrogen) atoms. The highest BCUT2D eigenvalue weighted by Crippen LogP contribution is 2.27. The average molecular weight is 298 g/mol. The van der Waals surface area contributed by atoms with E-state index >= 15 is 0 Å². The van der Waals surface area contributed by atoms with Crippen molar-refractivity contribution in [3.63, 3.8) is 0 Å². The maximum atomic E-state index is 13.5. The van der Waals surface area contributed by atoms with Crippen LogP contribution in [-0.2, 0) is 6.54 Å². The first-order chi connectivity index (χ1) is 10.6. The maximum absolute atomic E-state index is 13.5. The maximum Gasteiger partial charge on any atom is 0.123 e. The predicted molar refractivity (Wildman–Crippen MR) is 88.2 cm³/mol. The Labute approximate surface area is 131 Å². The normalized spacial score (nSPS) is 22.7. The first kappa shape index (κ1) is 15.2. The zero-order valence-electron chi connectivity index (χ0n) is 13.0. The number of hydrogen-bond donors (Lipinski definition) is 1. The van der Waals surface area contributed by atoms with Crippen molar-refractivity contribution in [1.29, 1.82) is 0 Å². The molecule has 0 amide bonds. The van der Waals surface area contributed by atoms with Gasteiger partial charge in [0, 0.05) is 25.7 Å². The molecule has 2 unspecified atom stereocenters. The number of halogens is 1. The van der Waals surface area contributed by atoms with Gasteiger partial charge in [0.15, 0.2) is 0 Å². The molecule has 1 saturated heterocycles. The fourth-order valence-electron chi connectivity index (χ4n) is 3.32. The van der Waals surface area contributed by atoms with Gasteiger partial charge in [0.25, 0.3) is 0 Å². The van der Waals surface area contributed by atoms with Gasteiger partial charge in [-0.3, -0.25) is 4.90 Å². The summed E-state index contributed by atoms with van der Waals surface area (Å²) in [6, 6.07) is 15.7. The van der Waals surface area contributed by atoms with Crippen LogP contribution in [0.1, 0.15) is 29.0 Å². The second kappa shape index (κ2) is 6.59. The van der Waals surface area contributed by atoms with Gasteiger partial charge in [-0.25, -0.2) is 4.39 Å². The molecule has 2 N–H and O–H groups in total. The molecule has 0 radical (unpaired) electrons. The van der Waals surface area contributed by atoms with E-state index in [2.05, 4.69) is 36.1 Å². The predicted octanol–water partition coefficient (Wildman–Crippen LogP) is 3.45. The van der Waals surface area contributed by atoms with Gasteiger partial charge < -0.3 is 5.73 Å². The number of hydrogen-bond acceptors (Lipinski definition) is 2. The van der Waals surface area contributed by atoms with Gasteiger partial charge in [-0.2, -0.15) is 0 Å². The van der Waals surface area contributed by atoms with E-state index in [4.69, 9.17) is 5.73 Å². The number of rotatable bonds is 3. The first-order valence-corrected chi connectivity index (χ1v) is 7.89. The molecule has 2 nitrogen and oxygen atoms in total. The third kappa shape index (κ3) is 3.73. The van der Waals surface area contributed by atoms with Crippen LogP contribution in [0.25, 0.3) is 0 Å². The summed E-state index contributed by atoms with van der Waals surface area (Å²) in [4.78, 5) is 2.38. The summed E-state index contributed by atoms with van der Waals surface area (Å²) in [7, 11) is 0. The monoisotopic (exact) mass is 298 g/mol. The van der Waals surface area contributed by atoms with Crippen molar-refractivity contribution in [2.45, 2.75) is 31.8 Å². The van der Waals surface area contributed by atoms with Gasteiger partial charge in [-0.1, -0.05) is 42.0 Å². The van der Waals surface area contributed by atoms with Crippen LogP contribution in [0, 0.1) is 12.7 Å². The molecule has 1 aliphatic heterocycles. The summed E-state index contributed by atoms with van der Waals surface area (Å²) < 4.78 is 13.5. The van der Waals surface area contributed by atoms with Gasteiger partial charge in [0.1, 0.15) is 5.82 Å². The van der Waals surface area contributed by atoms with Crippen molar-refractivity contribution in [3.05, 3.63) is 71.0 Å². The third-order valence-electron chi connectivity index (χ3n) is 4.41. The summed E-state index contributed by atoms with van der Waals surface area (Å²) in [6.45, 7) is 4.84. The van der Waals surface area contributed by atoms with Gasteiger partial charge in [0.05, 0.1) is 0 Å². The lowest BCUT2D eigenvalue weighted by molar-refractivity contribution is 0.181. The SMILES string of the molecule is Cc1ccc(CN2CC(N)CC(c3cccc(F)c3)C2)cc1. The molecule has 1 aliphatic rings. The Hall–Kier alpha value is -1.71. The lowest BCUT2D eigenvalue weighted by atomic mass is 9.88. The van der Waals surface area contributed by atoms with E-state index in [1.807, 2.05) is 6.07 Å². The zero-order valence-corrected chi connectivity index (χ0v) is 13.0. The molecule has 0 spiro atoms. The van der Waals surface area contributed by atoms with Crippen molar-refractivity contribution in [2.24, 2.45) is 5.73 Å². The summed E-state index contributed by atoms with van der Waals surface area (Å²) in [6.07, 6.45) is 0.924. The minimum Gasteiger partial charge on any atom is -0.327 e. The Balaban J connectivity index is 1.72. The smallest absolute Gasteiger partial charge is 0.123 e. The van der Waals surface area contributed by atoms with Crippen LogP contribution < -0.4 is 5.73 Å². The molecule has 0 aliphatic carbocycles. The first-order valence-electron chi connectivity index (χ1n) is 7.89. The fourth-order valence-corrected chi connectivity index (χ4v) is 3.32. The van der Waals surface area contributed by atoms with E-state index in [1.54, 1.807) is 12.1 Å². The molecule has 116 valence electrons. The van der Waals surface area contributed by atoms with E-state index in [9.17, 15) is 4.39 Å². The van der Waals surface area contributed by atoms with Crippen molar-refractivity contribution >= 4 is 0 Å². The second-order valence-corrected chi connectivity index (χ2v) is 6.43. The Kier molecular flexibility index (Phi) is 4.55. The molecule has 2 aromatic carbocycles. The molecule has 0 bridgehead atoms. The van der Waals surface area contributed by atoms with Crippen LogP contribution in [0.3, 0.4) is 0 Å². The molecule has 0 saturated carbocycles. The van der Waals surface area contributed by atoms with Crippen LogP contribution >= 0.6 is 0 Å². The average Bonchev–Trinajstić information content (AvgIpc) is 2.49. The van der Waals surface area contributed by atoms with E-state index in [0.717, 1.165) is 31.6 Å². The summed E-state index contributed by atoms with van der Waals surface area (Å²) >= 11 is 0. The highest BCUT2D eigenvalue weighted by Gasteiger charge is 2.26. The number of nitrogens with two attached hydrogens (primary N) is 1. The lowest BCUT2D eigenvalue weighted by Gasteiger charge is -2.36. The summed E-state index contributed by atoms with van der Waals surface area (Å²) in [5.41, 5.74) is 9.87. The number of likely N-dealkylation sites (tertiary alicyclic amines) is 1.